The van der Waals surface area contributed by atoms with Crippen molar-refractivity contribution in [3.05, 3.63) is 37.9 Å². The monoisotopic (exact) mass is 415 g/mol. The van der Waals surface area contributed by atoms with Crippen LogP contribution in [0.5, 0.6) is 0 Å². The quantitative estimate of drug-likeness (QED) is 0.433. The summed E-state index contributed by atoms with van der Waals surface area (Å²) in [6.45, 7) is 3.71. The molecule has 22 heavy (non-hydrogen) atoms. The van der Waals surface area contributed by atoms with Gasteiger partial charge in [-0.15, -0.1) is 0 Å². The predicted octanol–water partition coefficient (Wildman–Crippen LogP) is 4.09. The number of alkyl halides is 1. The molecule has 0 bridgehead atoms. The Morgan fingerprint density at radius 1 is 1.27 bits per heavy atom. The van der Waals surface area contributed by atoms with Crippen molar-refractivity contribution in [3.8, 4) is 0 Å². The fourth-order valence-electron chi connectivity index (χ4n) is 1.16. The molecular weight excluding hydrogens is 405 g/mol. The third-order valence-electron chi connectivity index (χ3n) is 2.30. The summed E-state index contributed by atoms with van der Waals surface area (Å²) in [7, 11) is 0. The highest BCUT2D eigenvalue weighted by Crippen LogP contribution is 2.32. The van der Waals surface area contributed by atoms with E-state index in [9.17, 15) is 19.7 Å². The van der Waals surface area contributed by atoms with E-state index in [1.54, 1.807) is 0 Å². The summed E-state index contributed by atoms with van der Waals surface area (Å²) in [4.78, 5) is 29.9. The van der Waals surface area contributed by atoms with E-state index in [4.69, 9.17) is 33.4 Å². The zero-order valence-corrected chi connectivity index (χ0v) is 14.5. The molecule has 0 aliphatic carbocycles. The number of aliphatic carboxylic acids is 1. The van der Waals surface area contributed by atoms with Gasteiger partial charge in [-0.3, -0.25) is 14.9 Å². The van der Waals surface area contributed by atoms with Crippen LogP contribution < -0.4 is 0 Å². The normalized spacial score (nSPS) is 11.4. The molecule has 7 nitrogen and oxygen atoms in total. The number of hydrogen-bond acceptors (Lipinski definition) is 4. The smallest absolute Gasteiger partial charge is 0.339 e. The lowest BCUT2D eigenvalue weighted by atomic mass is 10.1. The molecular formula is C12H12BrCl2NO6. The highest BCUT2D eigenvalue weighted by molar-refractivity contribution is 9.10. The fraction of sp³-hybridized carbons (Fsp3) is 0.333. The minimum absolute atomic E-state index is 0.131. The van der Waals surface area contributed by atoms with Gasteiger partial charge in [0.05, 0.1) is 9.95 Å². The van der Waals surface area contributed by atoms with Crippen LogP contribution in [0.2, 0.25) is 10.0 Å². The number of carboxylic acids is 2. The van der Waals surface area contributed by atoms with Gasteiger partial charge in [0.15, 0.2) is 0 Å². The largest absolute Gasteiger partial charge is 0.480 e. The van der Waals surface area contributed by atoms with Crippen LogP contribution in [0.25, 0.3) is 0 Å². The van der Waals surface area contributed by atoms with Crippen LogP contribution in [-0.2, 0) is 4.79 Å². The SMILES string of the molecule is CC(C)[C@@H](Br)C(=O)O.O=C(O)c1c(Cl)ccc([N+](=O)[O-])c1Cl. The van der Waals surface area contributed by atoms with E-state index in [1.807, 2.05) is 13.8 Å². The summed E-state index contributed by atoms with van der Waals surface area (Å²) >= 11 is 14.0. The molecule has 1 aromatic carbocycles. The molecule has 0 unspecified atom stereocenters. The van der Waals surface area contributed by atoms with E-state index in [0.29, 0.717) is 0 Å². The molecule has 1 aromatic rings. The third-order valence-corrected chi connectivity index (χ3v) is 4.45. The number of nitro benzene ring substituents is 1. The number of nitro groups is 1. The Morgan fingerprint density at radius 3 is 2.05 bits per heavy atom. The van der Waals surface area contributed by atoms with Gasteiger partial charge in [-0.05, 0) is 12.0 Å². The zero-order valence-electron chi connectivity index (χ0n) is 11.4. The van der Waals surface area contributed by atoms with Crippen molar-refractivity contribution in [2.75, 3.05) is 0 Å². The number of benzene rings is 1. The fourth-order valence-corrected chi connectivity index (χ4v) is 1.77. The molecule has 1 rings (SSSR count). The lowest BCUT2D eigenvalue weighted by Gasteiger charge is -2.05. The average molecular weight is 417 g/mol. The second kappa shape index (κ2) is 8.92. The van der Waals surface area contributed by atoms with Gasteiger partial charge in [0.2, 0.25) is 0 Å². The second-order valence-corrected chi connectivity index (χ2v) is 6.07. The van der Waals surface area contributed by atoms with Crippen LogP contribution in [0.1, 0.15) is 24.2 Å². The predicted molar refractivity (Wildman–Crippen MR) is 85.3 cm³/mol. The lowest BCUT2D eigenvalue weighted by molar-refractivity contribution is -0.384. The van der Waals surface area contributed by atoms with Gasteiger partial charge in [0.25, 0.3) is 5.69 Å². The van der Waals surface area contributed by atoms with Crippen molar-refractivity contribution >= 4 is 56.8 Å². The van der Waals surface area contributed by atoms with Crippen LogP contribution in [-0.4, -0.2) is 31.9 Å². The highest BCUT2D eigenvalue weighted by atomic mass is 79.9. The van der Waals surface area contributed by atoms with Crippen molar-refractivity contribution < 1.29 is 24.7 Å². The number of carbonyl (C=O) groups is 2. The topological polar surface area (TPSA) is 118 Å². The molecule has 0 saturated carbocycles. The van der Waals surface area contributed by atoms with Crippen molar-refractivity contribution in [3.63, 3.8) is 0 Å². The van der Waals surface area contributed by atoms with Gasteiger partial charge in [0, 0.05) is 6.07 Å². The number of aromatic carboxylic acids is 1. The van der Waals surface area contributed by atoms with Gasteiger partial charge in [-0.1, -0.05) is 53.0 Å². The van der Waals surface area contributed by atoms with E-state index < -0.39 is 38.0 Å². The molecule has 0 aliphatic rings. The van der Waals surface area contributed by atoms with Crippen molar-refractivity contribution in [2.45, 2.75) is 18.7 Å². The minimum atomic E-state index is -1.40. The minimum Gasteiger partial charge on any atom is -0.480 e. The van der Waals surface area contributed by atoms with E-state index >= 15 is 0 Å². The molecule has 1 atom stereocenters. The van der Waals surface area contributed by atoms with Crippen LogP contribution >= 0.6 is 39.1 Å². The molecule has 0 radical (unpaired) electrons. The van der Waals surface area contributed by atoms with Crippen LogP contribution in [0.3, 0.4) is 0 Å². The number of nitrogens with zero attached hydrogens (tertiary/aromatic N) is 1. The molecule has 10 heteroatoms. The Kier molecular flexibility index (Phi) is 8.36. The molecule has 2 N–H and O–H groups in total. The first-order valence-corrected chi connectivity index (χ1v) is 7.40. The lowest BCUT2D eigenvalue weighted by Crippen LogP contribution is -2.18. The molecule has 0 heterocycles. The average Bonchev–Trinajstić information content (AvgIpc) is 2.37. The van der Waals surface area contributed by atoms with E-state index in [2.05, 4.69) is 15.9 Å². The maximum absolute atomic E-state index is 10.6. The first-order valence-electron chi connectivity index (χ1n) is 5.73. The zero-order chi connectivity index (χ0) is 17.6. The van der Waals surface area contributed by atoms with Crippen molar-refractivity contribution in [2.24, 2.45) is 5.92 Å². The molecule has 0 fully saturated rings. The van der Waals surface area contributed by atoms with Gasteiger partial charge >= 0.3 is 11.9 Å². The number of carboxylic acid groups (broad SMARTS) is 2. The summed E-state index contributed by atoms with van der Waals surface area (Å²) in [5.74, 6) is -2.03. The molecule has 0 amide bonds. The maximum Gasteiger partial charge on any atom is 0.339 e. The van der Waals surface area contributed by atoms with Crippen LogP contribution in [0.4, 0.5) is 5.69 Å². The van der Waals surface area contributed by atoms with Crippen molar-refractivity contribution in [1.29, 1.82) is 0 Å². The summed E-state index contributed by atoms with van der Waals surface area (Å²) < 4.78 is 0. The maximum atomic E-state index is 10.6. The van der Waals surface area contributed by atoms with Crippen LogP contribution in [0, 0.1) is 16.0 Å². The summed E-state index contributed by atoms with van der Waals surface area (Å²) in [6.07, 6.45) is 0. The summed E-state index contributed by atoms with van der Waals surface area (Å²) in [5, 5.41) is 26.8. The second-order valence-electron chi connectivity index (χ2n) is 4.30. The number of halogens is 3. The molecule has 0 spiro atoms. The molecule has 0 aromatic heterocycles. The Labute approximate surface area is 144 Å². The molecule has 0 aliphatic heterocycles. The highest BCUT2D eigenvalue weighted by Gasteiger charge is 2.22. The van der Waals surface area contributed by atoms with Gasteiger partial charge in [-0.2, -0.15) is 0 Å². The van der Waals surface area contributed by atoms with Crippen molar-refractivity contribution in [1.82, 2.24) is 0 Å². The Balaban J connectivity index is 0.000000472. The van der Waals surface area contributed by atoms with Crippen LogP contribution in [0.15, 0.2) is 12.1 Å². The van der Waals surface area contributed by atoms with Gasteiger partial charge < -0.3 is 10.2 Å². The Morgan fingerprint density at radius 2 is 1.77 bits per heavy atom. The van der Waals surface area contributed by atoms with E-state index in [1.165, 1.54) is 0 Å². The molecule has 0 saturated heterocycles. The molecule has 122 valence electrons. The number of rotatable bonds is 4. The first-order chi connectivity index (χ1) is 10.0. The van der Waals surface area contributed by atoms with E-state index in [0.717, 1.165) is 12.1 Å². The van der Waals surface area contributed by atoms with Gasteiger partial charge in [0.1, 0.15) is 15.4 Å². The summed E-state index contributed by atoms with van der Waals surface area (Å²) in [6, 6.07) is 2.17. The number of hydrogen-bond donors (Lipinski definition) is 2. The summed E-state index contributed by atoms with van der Waals surface area (Å²) in [5.41, 5.74) is -0.934. The third kappa shape index (κ3) is 5.78. The standard InChI is InChI=1S/C7H3Cl2NO4.C5H9BrO2/c8-3-1-2-4(10(13)14)6(9)5(3)7(11)12;1-3(2)4(6)5(7)8/h1-2H,(H,11,12);3-4H,1-2H3,(H,7,8)/t;4-/m.1/s1. The Bertz CT molecular complexity index is 593. The van der Waals surface area contributed by atoms with Gasteiger partial charge in [-0.25, -0.2) is 4.79 Å². The van der Waals surface area contributed by atoms with E-state index in [-0.39, 0.29) is 10.9 Å². The Hall–Kier alpha value is -1.38. The first kappa shape index (κ1) is 20.6.